The van der Waals surface area contributed by atoms with Gasteiger partial charge in [-0.25, -0.2) is 4.98 Å². The molecule has 0 radical (unpaired) electrons. The van der Waals surface area contributed by atoms with Crippen molar-refractivity contribution in [2.75, 3.05) is 13.1 Å². The number of carbonyl (C=O) groups excluding carboxylic acids is 1. The van der Waals surface area contributed by atoms with Gasteiger partial charge in [0.05, 0.1) is 10.9 Å². The highest BCUT2D eigenvalue weighted by atomic mass is 32.1. The normalized spacial score (nSPS) is 21.9. The number of nitrogens with zero attached hydrogens (tertiary/aromatic N) is 2. The number of amides is 1. The summed E-state index contributed by atoms with van der Waals surface area (Å²) in [6.07, 6.45) is 3.72. The van der Waals surface area contributed by atoms with Gasteiger partial charge in [-0.2, -0.15) is 0 Å². The number of likely N-dealkylation sites (tertiary alicyclic amines) is 1. The highest BCUT2D eigenvalue weighted by molar-refractivity contribution is 7.07. The van der Waals surface area contributed by atoms with Crippen molar-refractivity contribution in [2.24, 2.45) is 5.41 Å². The number of rotatable bonds is 4. The molecule has 1 aliphatic rings. The van der Waals surface area contributed by atoms with Crippen LogP contribution in [-0.2, 0) is 4.79 Å². The predicted molar refractivity (Wildman–Crippen MR) is 81.4 cm³/mol. The first-order valence-corrected chi connectivity index (χ1v) is 7.93. The molecule has 0 unspecified atom stereocenters. The van der Waals surface area contributed by atoms with E-state index in [1.807, 2.05) is 19.9 Å². The topological polar surface area (TPSA) is 70.5 Å². The Balaban J connectivity index is 2.18. The van der Waals surface area contributed by atoms with Crippen molar-refractivity contribution in [3.8, 4) is 0 Å². The maximum atomic E-state index is 12.4. The van der Waals surface area contributed by atoms with Crippen LogP contribution in [0.25, 0.3) is 0 Å². The SMILES string of the molecule is CC(C)=CC[C@@]1(C(=O)O)CCCN(C(=O)c2cscn2)C1. The summed E-state index contributed by atoms with van der Waals surface area (Å²) in [5.41, 5.74) is 2.24. The molecule has 0 spiro atoms. The minimum absolute atomic E-state index is 0.168. The van der Waals surface area contributed by atoms with E-state index in [1.54, 1.807) is 15.8 Å². The lowest BCUT2D eigenvalue weighted by atomic mass is 9.76. The van der Waals surface area contributed by atoms with Gasteiger partial charge in [-0.1, -0.05) is 11.6 Å². The van der Waals surface area contributed by atoms with Crippen LogP contribution in [-0.4, -0.2) is 40.0 Å². The van der Waals surface area contributed by atoms with E-state index in [0.29, 0.717) is 31.5 Å². The van der Waals surface area contributed by atoms with Crippen molar-refractivity contribution >= 4 is 23.2 Å². The van der Waals surface area contributed by atoms with E-state index < -0.39 is 11.4 Å². The largest absolute Gasteiger partial charge is 0.481 e. The molecular weight excluding hydrogens is 288 g/mol. The average molecular weight is 308 g/mol. The Bertz CT molecular complexity index is 549. The molecule has 1 aliphatic heterocycles. The summed E-state index contributed by atoms with van der Waals surface area (Å²) in [6, 6.07) is 0. The van der Waals surface area contributed by atoms with E-state index in [2.05, 4.69) is 4.98 Å². The maximum Gasteiger partial charge on any atom is 0.311 e. The molecule has 1 atom stereocenters. The minimum atomic E-state index is -0.874. The van der Waals surface area contributed by atoms with Crippen molar-refractivity contribution in [1.82, 2.24) is 9.88 Å². The lowest BCUT2D eigenvalue weighted by Crippen LogP contribution is -2.49. The fourth-order valence-electron chi connectivity index (χ4n) is 2.61. The van der Waals surface area contributed by atoms with Crippen molar-refractivity contribution in [3.63, 3.8) is 0 Å². The Hall–Kier alpha value is -1.69. The molecule has 5 nitrogen and oxygen atoms in total. The smallest absolute Gasteiger partial charge is 0.311 e. The number of piperidine rings is 1. The molecule has 1 aromatic rings. The molecule has 1 N–H and O–H groups in total. The van der Waals surface area contributed by atoms with E-state index in [4.69, 9.17) is 0 Å². The number of carboxylic acids is 1. The van der Waals surface area contributed by atoms with Crippen LogP contribution in [0.2, 0.25) is 0 Å². The van der Waals surface area contributed by atoms with Crippen LogP contribution in [0.3, 0.4) is 0 Å². The van der Waals surface area contributed by atoms with Crippen LogP contribution in [0.5, 0.6) is 0 Å². The second-order valence-electron chi connectivity index (χ2n) is 5.78. The highest BCUT2D eigenvalue weighted by Crippen LogP contribution is 2.35. The maximum absolute atomic E-state index is 12.4. The van der Waals surface area contributed by atoms with Gasteiger partial charge in [0.15, 0.2) is 0 Å². The van der Waals surface area contributed by atoms with Gasteiger partial charge < -0.3 is 10.0 Å². The third-order valence-electron chi connectivity index (χ3n) is 3.87. The third kappa shape index (κ3) is 3.50. The Kier molecular flexibility index (Phi) is 4.77. The summed E-state index contributed by atoms with van der Waals surface area (Å²) in [5, 5.41) is 11.4. The summed E-state index contributed by atoms with van der Waals surface area (Å²) in [6.45, 7) is 4.76. The van der Waals surface area contributed by atoms with E-state index in [9.17, 15) is 14.7 Å². The Morgan fingerprint density at radius 2 is 2.29 bits per heavy atom. The van der Waals surface area contributed by atoms with Crippen LogP contribution >= 0.6 is 11.3 Å². The molecule has 6 heteroatoms. The average Bonchev–Trinajstić information content (AvgIpc) is 2.98. The van der Waals surface area contributed by atoms with Gasteiger partial charge in [0, 0.05) is 18.5 Å². The van der Waals surface area contributed by atoms with Gasteiger partial charge in [-0.15, -0.1) is 11.3 Å². The summed E-state index contributed by atoms with van der Waals surface area (Å²) in [7, 11) is 0. The van der Waals surface area contributed by atoms with Crippen LogP contribution < -0.4 is 0 Å². The van der Waals surface area contributed by atoms with Crippen molar-refractivity contribution < 1.29 is 14.7 Å². The van der Waals surface area contributed by atoms with Crippen molar-refractivity contribution in [2.45, 2.75) is 33.1 Å². The minimum Gasteiger partial charge on any atom is -0.481 e. The van der Waals surface area contributed by atoms with Gasteiger partial charge in [0.25, 0.3) is 5.91 Å². The van der Waals surface area contributed by atoms with E-state index in [1.165, 1.54) is 11.3 Å². The van der Waals surface area contributed by atoms with E-state index in [-0.39, 0.29) is 12.5 Å². The monoisotopic (exact) mass is 308 g/mol. The Labute approximate surface area is 128 Å². The van der Waals surface area contributed by atoms with Crippen LogP contribution in [0.1, 0.15) is 43.6 Å². The molecule has 0 bridgehead atoms. The molecule has 2 rings (SSSR count). The molecule has 0 aliphatic carbocycles. The van der Waals surface area contributed by atoms with Gasteiger partial charge in [0.2, 0.25) is 0 Å². The van der Waals surface area contributed by atoms with Gasteiger partial charge in [-0.3, -0.25) is 9.59 Å². The zero-order chi connectivity index (χ0) is 15.5. The highest BCUT2D eigenvalue weighted by Gasteiger charge is 2.43. The van der Waals surface area contributed by atoms with Gasteiger partial charge in [-0.05, 0) is 33.1 Å². The molecule has 0 saturated carbocycles. The number of hydrogen-bond acceptors (Lipinski definition) is 4. The van der Waals surface area contributed by atoms with Gasteiger partial charge >= 0.3 is 5.97 Å². The number of carbonyl (C=O) groups is 2. The first-order chi connectivity index (χ1) is 9.94. The standard InChI is InChI=1S/C15H20N2O3S/c1-11(2)4-6-15(14(19)20)5-3-7-17(9-15)13(18)12-8-21-10-16-12/h4,8,10H,3,5-7,9H2,1-2H3,(H,19,20)/t15-/m0/s1. The quantitative estimate of drug-likeness (QED) is 0.868. The number of allylic oxidation sites excluding steroid dienone is 2. The molecule has 2 heterocycles. The van der Waals surface area contributed by atoms with Gasteiger partial charge in [0.1, 0.15) is 5.69 Å². The molecule has 1 saturated heterocycles. The zero-order valence-corrected chi connectivity index (χ0v) is 13.2. The molecule has 0 aromatic carbocycles. The molecular formula is C15H20N2O3S. The van der Waals surface area contributed by atoms with E-state index in [0.717, 1.165) is 5.57 Å². The fourth-order valence-corrected chi connectivity index (χ4v) is 3.14. The van der Waals surface area contributed by atoms with E-state index >= 15 is 0 Å². The Morgan fingerprint density at radius 3 is 2.86 bits per heavy atom. The lowest BCUT2D eigenvalue weighted by Gasteiger charge is -2.39. The molecule has 1 aromatic heterocycles. The summed E-state index contributed by atoms with van der Waals surface area (Å²) >= 11 is 1.37. The van der Waals surface area contributed by atoms with Crippen LogP contribution in [0, 0.1) is 5.41 Å². The zero-order valence-electron chi connectivity index (χ0n) is 12.3. The second kappa shape index (κ2) is 6.39. The first kappa shape index (κ1) is 15.7. The van der Waals surface area contributed by atoms with Crippen molar-refractivity contribution in [1.29, 1.82) is 0 Å². The summed E-state index contributed by atoms with van der Waals surface area (Å²) < 4.78 is 0. The molecule has 114 valence electrons. The fraction of sp³-hybridized carbons (Fsp3) is 0.533. The molecule has 21 heavy (non-hydrogen) atoms. The molecule has 1 amide bonds. The second-order valence-corrected chi connectivity index (χ2v) is 6.49. The number of carboxylic acid groups (broad SMARTS) is 1. The Morgan fingerprint density at radius 1 is 1.52 bits per heavy atom. The number of thiazole rings is 1. The number of hydrogen-bond donors (Lipinski definition) is 1. The summed E-state index contributed by atoms with van der Waals surface area (Å²) in [5.74, 6) is -0.991. The lowest BCUT2D eigenvalue weighted by molar-refractivity contribution is -0.151. The predicted octanol–water partition coefficient (Wildman–Crippen LogP) is 2.81. The third-order valence-corrected chi connectivity index (χ3v) is 4.46. The van der Waals surface area contributed by atoms with Crippen molar-refractivity contribution in [3.05, 3.63) is 28.2 Å². The number of aromatic nitrogens is 1. The van der Waals surface area contributed by atoms with Crippen LogP contribution in [0.15, 0.2) is 22.5 Å². The molecule has 1 fully saturated rings. The first-order valence-electron chi connectivity index (χ1n) is 6.99. The number of aliphatic carboxylic acids is 1. The van der Waals surface area contributed by atoms with Crippen LogP contribution in [0.4, 0.5) is 0 Å². The summed E-state index contributed by atoms with van der Waals surface area (Å²) in [4.78, 5) is 29.8.